The van der Waals surface area contributed by atoms with Crippen LogP contribution in [0.3, 0.4) is 0 Å². The number of imidazole rings is 1. The number of pyridine rings is 2. The average Bonchev–Trinajstić information content (AvgIpc) is 3.39. The number of methoxy groups -OCH3 is 1. The topological polar surface area (TPSA) is 71.3 Å². The van der Waals surface area contributed by atoms with Crippen molar-refractivity contribution in [3.63, 3.8) is 0 Å². The van der Waals surface area contributed by atoms with Crippen LogP contribution < -0.4 is 9.64 Å². The lowest BCUT2D eigenvalue weighted by atomic mass is 9.99. The van der Waals surface area contributed by atoms with Crippen LogP contribution in [0.5, 0.6) is 5.75 Å². The Morgan fingerprint density at radius 1 is 1.20 bits per heavy atom. The second-order valence-corrected chi connectivity index (χ2v) is 6.99. The van der Waals surface area contributed by atoms with Gasteiger partial charge in [-0.3, -0.25) is 0 Å². The fourth-order valence-electron chi connectivity index (χ4n) is 3.86. The normalized spacial score (nSPS) is 16.7. The van der Waals surface area contributed by atoms with Crippen LogP contribution >= 0.6 is 0 Å². The molecule has 0 saturated heterocycles. The summed E-state index contributed by atoms with van der Waals surface area (Å²) in [5.41, 5.74) is 2.47. The fourth-order valence-corrected chi connectivity index (χ4v) is 3.86. The highest BCUT2D eigenvalue weighted by atomic mass is 19.4. The molecule has 10 heteroatoms. The molecule has 5 rings (SSSR count). The number of H-pyrrole nitrogens is 1. The van der Waals surface area contributed by atoms with Crippen LogP contribution in [-0.2, 0) is 12.6 Å². The highest BCUT2D eigenvalue weighted by Crippen LogP contribution is 2.37. The molecule has 0 aliphatic carbocycles. The third kappa shape index (κ3) is 2.95. The van der Waals surface area contributed by atoms with Crippen molar-refractivity contribution < 1.29 is 17.9 Å². The van der Waals surface area contributed by atoms with Gasteiger partial charge in [0.15, 0.2) is 0 Å². The first-order chi connectivity index (χ1) is 14.5. The standard InChI is InChI=1S/C20H17F3N6O/c1-30-16-3-2-7-29-15(16)9-14(27-29)19-18-13(25-11-26-18)6-8-28(19)17-5-4-12(10-24-17)20(21,22)23/h2-5,7,9-11,19H,6,8H2,1H3,(H,25,26)/t19-/m1/s1. The number of anilines is 1. The van der Waals surface area contributed by atoms with Gasteiger partial charge in [0.25, 0.3) is 0 Å². The van der Waals surface area contributed by atoms with E-state index in [0.717, 1.165) is 29.2 Å². The molecule has 1 atom stereocenters. The Balaban J connectivity index is 1.61. The molecule has 7 nitrogen and oxygen atoms in total. The van der Waals surface area contributed by atoms with Gasteiger partial charge in [0, 0.05) is 31.1 Å². The first kappa shape index (κ1) is 18.5. The minimum absolute atomic E-state index is 0.395. The summed E-state index contributed by atoms with van der Waals surface area (Å²) < 4.78 is 46.0. The van der Waals surface area contributed by atoms with Crippen molar-refractivity contribution in [3.05, 3.63) is 71.7 Å². The van der Waals surface area contributed by atoms with Gasteiger partial charge in [-0.2, -0.15) is 18.3 Å². The molecule has 30 heavy (non-hydrogen) atoms. The van der Waals surface area contributed by atoms with Crippen molar-refractivity contribution in [1.29, 1.82) is 0 Å². The second-order valence-electron chi connectivity index (χ2n) is 6.99. The second kappa shape index (κ2) is 6.75. The molecule has 0 radical (unpaired) electrons. The predicted octanol–water partition coefficient (Wildman–Crippen LogP) is 3.63. The number of ether oxygens (including phenoxy) is 1. The van der Waals surface area contributed by atoms with E-state index in [4.69, 9.17) is 4.74 Å². The highest BCUT2D eigenvalue weighted by Gasteiger charge is 2.35. The van der Waals surface area contributed by atoms with Crippen LogP contribution in [0.15, 0.2) is 49.1 Å². The van der Waals surface area contributed by atoms with Gasteiger partial charge in [-0.25, -0.2) is 14.5 Å². The maximum Gasteiger partial charge on any atom is 0.417 e. The number of nitrogens with one attached hydrogen (secondary N) is 1. The van der Waals surface area contributed by atoms with Crippen molar-refractivity contribution in [2.45, 2.75) is 18.6 Å². The van der Waals surface area contributed by atoms with E-state index in [0.29, 0.717) is 30.2 Å². The summed E-state index contributed by atoms with van der Waals surface area (Å²) in [5, 5.41) is 4.69. The number of aromatic nitrogens is 5. The van der Waals surface area contributed by atoms with Gasteiger partial charge in [0.2, 0.25) is 0 Å². The first-order valence-corrected chi connectivity index (χ1v) is 9.30. The van der Waals surface area contributed by atoms with Crippen molar-refractivity contribution in [2.24, 2.45) is 0 Å². The molecule has 0 saturated carbocycles. The largest absolute Gasteiger partial charge is 0.494 e. The summed E-state index contributed by atoms with van der Waals surface area (Å²) in [4.78, 5) is 13.6. The summed E-state index contributed by atoms with van der Waals surface area (Å²) in [7, 11) is 1.59. The van der Waals surface area contributed by atoms with Crippen LogP contribution in [0.4, 0.5) is 19.0 Å². The lowest BCUT2D eigenvalue weighted by molar-refractivity contribution is -0.137. The zero-order valence-corrected chi connectivity index (χ0v) is 15.9. The number of hydrogen-bond acceptors (Lipinski definition) is 5. The van der Waals surface area contributed by atoms with E-state index in [-0.39, 0.29) is 0 Å². The van der Waals surface area contributed by atoms with E-state index in [1.165, 1.54) is 6.07 Å². The molecular weight excluding hydrogens is 397 g/mol. The minimum atomic E-state index is -4.43. The summed E-state index contributed by atoms with van der Waals surface area (Å²) in [5.74, 6) is 1.11. The van der Waals surface area contributed by atoms with E-state index < -0.39 is 17.8 Å². The van der Waals surface area contributed by atoms with Gasteiger partial charge in [-0.15, -0.1) is 0 Å². The molecule has 5 heterocycles. The molecule has 0 amide bonds. The number of fused-ring (bicyclic) bond motifs is 2. The Kier molecular flexibility index (Phi) is 4.16. The zero-order chi connectivity index (χ0) is 20.9. The molecule has 1 aliphatic heterocycles. The molecular formula is C20H17F3N6O. The number of alkyl halides is 3. The Morgan fingerprint density at radius 3 is 2.80 bits per heavy atom. The molecule has 0 aromatic carbocycles. The van der Waals surface area contributed by atoms with Crippen LogP contribution in [-0.4, -0.2) is 38.2 Å². The summed E-state index contributed by atoms with van der Waals surface area (Å²) >= 11 is 0. The van der Waals surface area contributed by atoms with Crippen molar-refractivity contribution >= 4 is 11.3 Å². The predicted molar refractivity (Wildman–Crippen MR) is 102 cm³/mol. The number of hydrogen-bond donors (Lipinski definition) is 1. The van der Waals surface area contributed by atoms with Crippen molar-refractivity contribution in [3.8, 4) is 5.75 Å². The number of rotatable bonds is 3. The molecule has 4 aromatic heterocycles. The molecule has 0 spiro atoms. The number of aromatic amines is 1. The molecule has 0 unspecified atom stereocenters. The van der Waals surface area contributed by atoms with Crippen LogP contribution in [0.25, 0.3) is 5.52 Å². The quantitative estimate of drug-likeness (QED) is 0.554. The van der Waals surface area contributed by atoms with Gasteiger partial charge in [-0.05, 0) is 30.3 Å². The summed E-state index contributed by atoms with van der Waals surface area (Å²) in [6, 6.07) is 7.63. The Hall–Kier alpha value is -3.56. The lowest BCUT2D eigenvalue weighted by Gasteiger charge is -2.34. The maximum absolute atomic E-state index is 13.0. The molecule has 0 bridgehead atoms. The highest BCUT2D eigenvalue weighted by molar-refractivity contribution is 5.62. The first-order valence-electron chi connectivity index (χ1n) is 9.30. The van der Waals surface area contributed by atoms with Gasteiger partial charge in [0.1, 0.15) is 23.1 Å². The zero-order valence-electron chi connectivity index (χ0n) is 15.9. The molecule has 4 aromatic rings. The van der Waals surface area contributed by atoms with Crippen molar-refractivity contribution in [1.82, 2.24) is 24.6 Å². The minimum Gasteiger partial charge on any atom is -0.494 e. The molecule has 1 N–H and O–H groups in total. The van der Waals surface area contributed by atoms with Gasteiger partial charge < -0.3 is 14.6 Å². The lowest BCUT2D eigenvalue weighted by Crippen LogP contribution is -2.37. The van der Waals surface area contributed by atoms with Crippen LogP contribution in [0.2, 0.25) is 0 Å². The Labute approximate surface area is 169 Å². The molecule has 0 fully saturated rings. The van der Waals surface area contributed by atoms with E-state index in [1.54, 1.807) is 18.0 Å². The summed E-state index contributed by atoms with van der Waals surface area (Å²) in [6.45, 7) is 0.559. The van der Waals surface area contributed by atoms with Gasteiger partial charge in [0.05, 0.1) is 30.4 Å². The monoisotopic (exact) mass is 414 g/mol. The van der Waals surface area contributed by atoms with Crippen LogP contribution in [0.1, 0.15) is 28.7 Å². The smallest absolute Gasteiger partial charge is 0.417 e. The molecule has 154 valence electrons. The number of nitrogens with zero attached hydrogens (tertiary/aromatic N) is 5. The van der Waals surface area contributed by atoms with E-state index in [9.17, 15) is 13.2 Å². The van der Waals surface area contributed by atoms with E-state index >= 15 is 0 Å². The fraction of sp³-hybridized carbons (Fsp3) is 0.250. The van der Waals surface area contributed by atoms with E-state index in [2.05, 4.69) is 20.1 Å². The third-order valence-corrected chi connectivity index (χ3v) is 5.28. The Bertz CT molecular complexity index is 1200. The van der Waals surface area contributed by atoms with E-state index in [1.807, 2.05) is 29.3 Å². The Morgan fingerprint density at radius 2 is 2.07 bits per heavy atom. The summed E-state index contributed by atoms with van der Waals surface area (Å²) in [6.07, 6.45) is 0.540. The SMILES string of the molecule is COc1cccn2nc([C@@H]3c4nc[nH]c4CCN3c3ccc(C(F)(F)F)cn3)cc12. The average molecular weight is 414 g/mol. The van der Waals surface area contributed by atoms with Crippen LogP contribution in [0, 0.1) is 0 Å². The van der Waals surface area contributed by atoms with Gasteiger partial charge >= 0.3 is 6.18 Å². The third-order valence-electron chi connectivity index (χ3n) is 5.28. The van der Waals surface area contributed by atoms with Crippen molar-refractivity contribution in [2.75, 3.05) is 18.6 Å². The van der Waals surface area contributed by atoms with Gasteiger partial charge in [-0.1, -0.05) is 0 Å². The number of halogens is 3. The molecule has 1 aliphatic rings. The maximum atomic E-state index is 13.0.